The second-order valence-corrected chi connectivity index (χ2v) is 5.27. The minimum atomic E-state index is -0.269. The Morgan fingerprint density at radius 3 is 2.90 bits per heavy atom. The third kappa shape index (κ3) is 3.60. The Morgan fingerprint density at radius 2 is 2.15 bits per heavy atom. The average Bonchev–Trinajstić information content (AvgIpc) is 2.86. The maximum Gasteiger partial charge on any atom is 0.305 e. The van der Waals surface area contributed by atoms with Crippen LogP contribution in [-0.2, 0) is 9.53 Å². The number of hydrogen-bond acceptors (Lipinski definition) is 3. The van der Waals surface area contributed by atoms with Gasteiger partial charge in [0.2, 0.25) is 0 Å². The monoisotopic (exact) mass is 338 g/mol. The Hall–Kier alpha value is -1.82. The fourth-order valence-electron chi connectivity index (χ4n) is 1.85. The van der Waals surface area contributed by atoms with Crippen molar-refractivity contribution in [1.29, 1.82) is 0 Å². The number of ether oxygens (including phenoxy) is 1. The molecule has 1 aromatic heterocycles. The highest BCUT2D eigenvalue weighted by Crippen LogP contribution is 2.20. The second kappa shape index (κ2) is 6.56. The topological polar surface area (TPSA) is 71.2 Å². The predicted molar refractivity (Wildman–Crippen MR) is 79.6 cm³/mol. The number of benzene rings is 1. The van der Waals surface area contributed by atoms with Crippen LogP contribution in [0, 0.1) is 0 Å². The van der Waals surface area contributed by atoms with E-state index in [1.807, 2.05) is 18.2 Å². The van der Waals surface area contributed by atoms with E-state index in [0.29, 0.717) is 25.1 Å². The first kappa shape index (κ1) is 14.6. The minimum Gasteiger partial charge on any atom is -0.469 e. The smallest absolute Gasteiger partial charge is 0.305 e. The molecule has 0 aliphatic rings. The molecule has 6 heteroatoms. The number of nitrogens with one attached hydrogen (secondary N) is 2. The molecule has 20 heavy (non-hydrogen) atoms. The van der Waals surface area contributed by atoms with Crippen LogP contribution < -0.4 is 5.32 Å². The first-order valence-corrected chi connectivity index (χ1v) is 7.03. The Bertz CT molecular complexity index is 636. The lowest BCUT2D eigenvalue weighted by Gasteiger charge is -2.02. The van der Waals surface area contributed by atoms with Crippen LogP contribution in [0.25, 0.3) is 10.9 Å². The zero-order valence-electron chi connectivity index (χ0n) is 11.0. The fraction of sp³-hybridized carbons (Fsp3) is 0.286. The predicted octanol–water partition coefficient (Wildman–Crippen LogP) is 2.61. The SMILES string of the molecule is COC(=O)CCCNC(=O)c1cc2ccc(Br)cc2[nH]1. The zero-order valence-corrected chi connectivity index (χ0v) is 12.6. The second-order valence-electron chi connectivity index (χ2n) is 4.35. The molecule has 0 aliphatic carbocycles. The summed E-state index contributed by atoms with van der Waals surface area (Å²) in [4.78, 5) is 25.9. The number of halogens is 1. The summed E-state index contributed by atoms with van der Waals surface area (Å²) < 4.78 is 5.49. The van der Waals surface area contributed by atoms with Crippen molar-refractivity contribution in [3.63, 3.8) is 0 Å². The summed E-state index contributed by atoms with van der Waals surface area (Å²) in [6.07, 6.45) is 0.862. The molecule has 106 valence electrons. The number of fused-ring (bicyclic) bond motifs is 1. The van der Waals surface area contributed by atoms with Gasteiger partial charge in [-0.2, -0.15) is 0 Å². The van der Waals surface area contributed by atoms with Crippen molar-refractivity contribution in [3.05, 3.63) is 34.4 Å². The standard InChI is InChI=1S/C14H15BrN2O3/c1-20-13(18)3-2-6-16-14(19)12-7-9-4-5-10(15)8-11(9)17-12/h4-5,7-8,17H,2-3,6H2,1H3,(H,16,19). The van der Waals surface area contributed by atoms with E-state index in [1.54, 1.807) is 6.07 Å². The van der Waals surface area contributed by atoms with Crippen molar-refractivity contribution >= 4 is 38.7 Å². The lowest BCUT2D eigenvalue weighted by molar-refractivity contribution is -0.140. The first-order chi connectivity index (χ1) is 9.60. The van der Waals surface area contributed by atoms with Crippen molar-refractivity contribution in [2.45, 2.75) is 12.8 Å². The highest BCUT2D eigenvalue weighted by molar-refractivity contribution is 9.10. The van der Waals surface area contributed by atoms with Crippen LogP contribution in [0.5, 0.6) is 0 Å². The number of methoxy groups -OCH3 is 1. The van der Waals surface area contributed by atoms with E-state index in [-0.39, 0.29) is 11.9 Å². The van der Waals surface area contributed by atoms with Gasteiger partial charge in [-0.15, -0.1) is 0 Å². The number of hydrogen-bond donors (Lipinski definition) is 2. The number of carbonyl (C=O) groups excluding carboxylic acids is 2. The summed E-state index contributed by atoms with van der Waals surface area (Å²) in [6.45, 7) is 0.437. The van der Waals surface area contributed by atoms with Gasteiger partial charge in [-0.3, -0.25) is 9.59 Å². The Balaban J connectivity index is 1.92. The molecule has 2 aromatic rings. The molecule has 0 bridgehead atoms. The number of H-pyrrole nitrogens is 1. The Morgan fingerprint density at radius 1 is 1.35 bits per heavy atom. The van der Waals surface area contributed by atoms with Gasteiger partial charge in [0.15, 0.2) is 0 Å². The molecular weight excluding hydrogens is 324 g/mol. The molecule has 0 atom stereocenters. The largest absolute Gasteiger partial charge is 0.469 e. The zero-order chi connectivity index (χ0) is 14.5. The molecule has 0 saturated heterocycles. The van der Waals surface area contributed by atoms with Gasteiger partial charge in [0.1, 0.15) is 5.69 Å². The fourth-order valence-corrected chi connectivity index (χ4v) is 2.21. The molecule has 0 fully saturated rings. The lowest BCUT2D eigenvalue weighted by Crippen LogP contribution is -2.25. The van der Waals surface area contributed by atoms with Gasteiger partial charge in [0.05, 0.1) is 7.11 Å². The van der Waals surface area contributed by atoms with Crippen LogP contribution in [0.4, 0.5) is 0 Å². The van der Waals surface area contributed by atoms with Crippen molar-refractivity contribution in [1.82, 2.24) is 10.3 Å². The summed E-state index contributed by atoms with van der Waals surface area (Å²) >= 11 is 3.39. The van der Waals surface area contributed by atoms with E-state index in [1.165, 1.54) is 7.11 Å². The number of esters is 1. The van der Waals surface area contributed by atoms with Crippen LogP contribution in [0.15, 0.2) is 28.7 Å². The highest BCUT2D eigenvalue weighted by atomic mass is 79.9. The molecule has 2 N–H and O–H groups in total. The molecule has 1 amide bonds. The maximum atomic E-state index is 11.9. The summed E-state index contributed by atoms with van der Waals surface area (Å²) in [6, 6.07) is 7.58. The van der Waals surface area contributed by atoms with Crippen LogP contribution in [0.1, 0.15) is 23.3 Å². The number of carbonyl (C=O) groups is 2. The van der Waals surface area contributed by atoms with Crippen molar-refractivity contribution < 1.29 is 14.3 Å². The van der Waals surface area contributed by atoms with Gasteiger partial charge < -0.3 is 15.0 Å². The normalized spacial score (nSPS) is 10.5. The Kier molecular flexibility index (Phi) is 4.79. The molecular formula is C14H15BrN2O3. The van der Waals surface area contributed by atoms with Crippen LogP contribution in [0.3, 0.4) is 0 Å². The molecule has 1 heterocycles. The third-order valence-corrected chi connectivity index (χ3v) is 3.39. The van der Waals surface area contributed by atoms with E-state index in [4.69, 9.17) is 0 Å². The molecule has 2 rings (SSSR count). The van der Waals surface area contributed by atoms with E-state index < -0.39 is 0 Å². The molecule has 1 aromatic carbocycles. The lowest BCUT2D eigenvalue weighted by atomic mass is 10.2. The van der Waals surface area contributed by atoms with E-state index in [2.05, 4.69) is 31.0 Å². The molecule has 0 saturated carbocycles. The highest BCUT2D eigenvalue weighted by Gasteiger charge is 2.09. The third-order valence-electron chi connectivity index (χ3n) is 2.90. The van der Waals surface area contributed by atoms with Crippen LogP contribution in [0.2, 0.25) is 0 Å². The minimum absolute atomic E-state index is 0.179. The summed E-state index contributed by atoms with van der Waals surface area (Å²) in [5, 5.41) is 3.74. The maximum absolute atomic E-state index is 11.9. The first-order valence-electron chi connectivity index (χ1n) is 6.23. The summed E-state index contributed by atoms with van der Waals surface area (Å²) in [7, 11) is 1.35. The van der Waals surface area contributed by atoms with Crippen molar-refractivity contribution in [2.75, 3.05) is 13.7 Å². The molecule has 0 unspecified atom stereocenters. The van der Waals surface area contributed by atoms with E-state index in [0.717, 1.165) is 15.4 Å². The molecule has 0 spiro atoms. The van der Waals surface area contributed by atoms with Gasteiger partial charge in [-0.1, -0.05) is 22.0 Å². The number of rotatable bonds is 5. The quantitative estimate of drug-likeness (QED) is 0.650. The molecule has 5 nitrogen and oxygen atoms in total. The number of aromatic amines is 1. The Labute approximate surface area is 124 Å². The number of amides is 1. The van der Waals surface area contributed by atoms with Crippen molar-refractivity contribution in [3.8, 4) is 0 Å². The average molecular weight is 339 g/mol. The summed E-state index contributed by atoms with van der Waals surface area (Å²) in [5.74, 6) is -0.447. The number of aromatic nitrogens is 1. The van der Waals surface area contributed by atoms with E-state index in [9.17, 15) is 9.59 Å². The van der Waals surface area contributed by atoms with Crippen molar-refractivity contribution in [2.24, 2.45) is 0 Å². The molecule has 0 aliphatic heterocycles. The molecule has 0 radical (unpaired) electrons. The van der Waals surface area contributed by atoms with E-state index >= 15 is 0 Å². The van der Waals surface area contributed by atoms with Gasteiger partial charge >= 0.3 is 5.97 Å². The van der Waals surface area contributed by atoms with Gasteiger partial charge in [-0.25, -0.2) is 0 Å². The van der Waals surface area contributed by atoms with Gasteiger partial charge in [-0.05, 0) is 24.6 Å². The van der Waals surface area contributed by atoms with Crippen LogP contribution in [-0.4, -0.2) is 30.5 Å². The van der Waals surface area contributed by atoms with Gasteiger partial charge in [0.25, 0.3) is 5.91 Å². The summed E-state index contributed by atoms with van der Waals surface area (Å²) in [5.41, 5.74) is 1.41. The van der Waals surface area contributed by atoms with Crippen LogP contribution >= 0.6 is 15.9 Å². The van der Waals surface area contributed by atoms with Gasteiger partial charge in [0, 0.05) is 28.3 Å².